The van der Waals surface area contributed by atoms with E-state index in [0.717, 1.165) is 18.7 Å². The van der Waals surface area contributed by atoms with Crippen molar-refractivity contribution in [2.45, 2.75) is 13.8 Å². The van der Waals surface area contributed by atoms with Gasteiger partial charge in [-0.15, -0.1) is 0 Å². The summed E-state index contributed by atoms with van der Waals surface area (Å²) < 4.78 is 13.7. The topological polar surface area (TPSA) is 3.24 Å². The smallest absolute Gasteiger partial charge is 0.147 e. The number of benzene rings is 1. The summed E-state index contributed by atoms with van der Waals surface area (Å²) in [7, 11) is 0. The zero-order valence-corrected chi connectivity index (χ0v) is 9.97. The third-order valence-corrected chi connectivity index (χ3v) is 2.49. The summed E-state index contributed by atoms with van der Waals surface area (Å²) in [5, 5.41) is 1.60. The third kappa shape index (κ3) is 2.99. The minimum absolute atomic E-state index is 0.178. The molecule has 15 heavy (non-hydrogen) atoms. The molecule has 82 valence electrons. The van der Waals surface area contributed by atoms with Crippen molar-refractivity contribution in [1.29, 1.82) is 0 Å². The number of hydrogen-bond donors (Lipinski definition) is 1. The fourth-order valence-corrected chi connectivity index (χ4v) is 1.71. The summed E-state index contributed by atoms with van der Waals surface area (Å²) in [5.41, 5.74) is 1.50. The molecule has 0 saturated carbocycles. The van der Waals surface area contributed by atoms with Crippen molar-refractivity contribution in [2.24, 2.45) is 0 Å². The molecule has 0 saturated heterocycles. The van der Waals surface area contributed by atoms with Gasteiger partial charge in [-0.1, -0.05) is 6.07 Å². The van der Waals surface area contributed by atoms with Gasteiger partial charge < -0.3 is 4.90 Å². The number of halogens is 1. The molecule has 0 fully saturated rings. The van der Waals surface area contributed by atoms with Crippen molar-refractivity contribution in [2.75, 3.05) is 18.0 Å². The van der Waals surface area contributed by atoms with Gasteiger partial charge in [-0.25, -0.2) is 4.39 Å². The van der Waals surface area contributed by atoms with Crippen LogP contribution in [0.2, 0.25) is 0 Å². The lowest BCUT2D eigenvalue weighted by atomic mass is 10.2. The largest absolute Gasteiger partial charge is 0.370 e. The Morgan fingerprint density at radius 1 is 1.33 bits per heavy atom. The van der Waals surface area contributed by atoms with E-state index in [4.69, 9.17) is 0 Å². The Kier molecular flexibility index (Phi) is 4.69. The Bertz CT molecular complexity index is 345. The summed E-state index contributed by atoms with van der Waals surface area (Å²) in [6.45, 7) is 5.67. The fraction of sp³-hybridized carbons (Fsp3) is 0.333. The average molecular weight is 225 g/mol. The van der Waals surface area contributed by atoms with Crippen LogP contribution in [0, 0.1) is 5.82 Å². The van der Waals surface area contributed by atoms with E-state index < -0.39 is 0 Å². The van der Waals surface area contributed by atoms with Crippen LogP contribution in [0.5, 0.6) is 0 Å². The minimum atomic E-state index is -0.178. The van der Waals surface area contributed by atoms with Gasteiger partial charge in [-0.2, -0.15) is 12.6 Å². The lowest BCUT2D eigenvalue weighted by Gasteiger charge is -2.21. The maximum absolute atomic E-state index is 13.7. The first-order valence-electron chi connectivity index (χ1n) is 5.08. The minimum Gasteiger partial charge on any atom is -0.370 e. The Morgan fingerprint density at radius 2 is 2.00 bits per heavy atom. The SMILES string of the molecule is CCN(CC)c1ccc(/C=C/S)cc1F. The molecule has 0 amide bonds. The molecule has 0 N–H and O–H groups in total. The molecule has 0 unspecified atom stereocenters. The molecular formula is C12H16FNS. The lowest BCUT2D eigenvalue weighted by Crippen LogP contribution is -2.22. The van der Waals surface area contributed by atoms with E-state index in [1.165, 1.54) is 6.07 Å². The summed E-state index contributed by atoms with van der Waals surface area (Å²) >= 11 is 3.96. The Hall–Kier alpha value is -0.960. The molecule has 0 aliphatic carbocycles. The number of anilines is 1. The molecule has 1 rings (SSSR count). The Labute approximate surface area is 96.0 Å². The van der Waals surface area contributed by atoms with Crippen LogP contribution in [0.4, 0.5) is 10.1 Å². The highest BCUT2D eigenvalue weighted by Gasteiger charge is 2.07. The summed E-state index contributed by atoms with van der Waals surface area (Å²) in [5.74, 6) is -0.178. The lowest BCUT2D eigenvalue weighted by molar-refractivity contribution is 0.619. The van der Waals surface area contributed by atoms with E-state index in [2.05, 4.69) is 12.6 Å². The van der Waals surface area contributed by atoms with Crippen LogP contribution in [0.1, 0.15) is 19.4 Å². The number of thiol groups is 1. The quantitative estimate of drug-likeness (QED) is 0.767. The summed E-state index contributed by atoms with van der Waals surface area (Å²) in [6.07, 6.45) is 1.76. The molecule has 0 bridgehead atoms. The van der Waals surface area contributed by atoms with Crippen molar-refractivity contribution in [3.63, 3.8) is 0 Å². The second-order valence-corrected chi connectivity index (χ2v) is 3.50. The standard InChI is InChI=1S/C12H16FNS/c1-3-14(4-2)12-6-5-10(7-8-15)9-11(12)13/h5-9,15H,3-4H2,1-2H3/b8-7+. The van der Waals surface area contributed by atoms with E-state index in [1.54, 1.807) is 11.5 Å². The van der Waals surface area contributed by atoms with E-state index >= 15 is 0 Å². The van der Waals surface area contributed by atoms with Gasteiger partial charge in [-0.05, 0) is 43.0 Å². The highest BCUT2D eigenvalue weighted by molar-refractivity contribution is 7.83. The van der Waals surface area contributed by atoms with Gasteiger partial charge in [0.15, 0.2) is 0 Å². The van der Waals surface area contributed by atoms with Crippen LogP contribution in [0.3, 0.4) is 0 Å². The second-order valence-electron chi connectivity index (χ2n) is 3.20. The highest BCUT2D eigenvalue weighted by Crippen LogP contribution is 2.20. The molecule has 0 heterocycles. The number of rotatable bonds is 4. The molecule has 0 radical (unpaired) electrons. The maximum atomic E-state index is 13.7. The predicted molar refractivity (Wildman–Crippen MR) is 68.0 cm³/mol. The number of nitrogens with zero attached hydrogens (tertiary/aromatic N) is 1. The zero-order valence-electron chi connectivity index (χ0n) is 9.07. The third-order valence-electron chi connectivity index (χ3n) is 2.34. The van der Waals surface area contributed by atoms with Gasteiger partial charge in [-0.3, -0.25) is 0 Å². The molecular weight excluding hydrogens is 209 g/mol. The Balaban J connectivity index is 3.01. The normalized spacial score (nSPS) is 10.9. The molecule has 1 nitrogen and oxygen atoms in total. The van der Waals surface area contributed by atoms with Gasteiger partial charge in [0.2, 0.25) is 0 Å². The summed E-state index contributed by atoms with van der Waals surface area (Å²) in [6, 6.07) is 5.23. The molecule has 0 spiro atoms. The van der Waals surface area contributed by atoms with Gasteiger partial charge in [0.1, 0.15) is 5.82 Å². The first-order chi connectivity index (χ1) is 7.22. The fourth-order valence-electron chi connectivity index (χ4n) is 1.53. The maximum Gasteiger partial charge on any atom is 0.147 e. The van der Waals surface area contributed by atoms with E-state index in [1.807, 2.05) is 30.9 Å². The van der Waals surface area contributed by atoms with Crippen molar-refractivity contribution in [1.82, 2.24) is 0 Å². The highest BCUT2D eigenvalue weighted by atomic mass is 32.1. The van der Waals surface area contributed by atoms with Gasteiger partial charge >= 0.3 is 0 Å². The van der Waals surface area contributed by atoms with Crippen LogP contribution < -0.4 is 4.90 Å². The monoisotopic (exact) mass is 225 g/mol. The first-order valence-corrected chi connectivity index (χ1v) is 5.59. The van der Waals surface area contributed by atoms with Crippen LogP contribution in [-0.4, -0.2) is 13.1 Å². The molecule has 0 aliphatic rings. The molecule has 3 heteroatoms. The second kappa shape index (κ2) is 5.81. The van der Waals surface area contributed by atoms with Crippen LogP contribution in [0.25, 0.3) is 6.08 Å². The van der Waals surface area contributed by atoms with Crippen molar-refractivity contribution >= 4 is 24.4 Å². The van der Waals surface area contributed by atoms with Gasteiger partial charge in [0.25, 0.3) is 0 Å². The molecule has 1 aromatic rings. The van der Waals surface area contributed by atoms with E-state index in [-0.39, 0.29) is 5.82 Å². The van der Waals surface area contributed by atoms with Crippen molar-refractivity contribution < 1.29 is 4.39 Å². The van der Waals surface area contributed by atoms with E-state index in [9.17, 15) is 4.39 Å². The first kappa shape index (κ1) is 12.1. The van der Waals surface area contributed by atoms with Crippen molar-refractivity contribution in [3.05, 3.63) is 35.0 Å². The van der Waals surface area contributed by atoms with Crippen LogP contribution in [0.15, 0.2) is 23.6 Å². The summed E-state index contributed by atoms with van der Waals surface area (Å²) in [4.78, 5) is 1.99. The van der Waals surface area contributed by atoms with Crippen molar-refractivity contribution in [3.8, 4) is 0 Å². The van der Waals surface area contributed by atoms with Crippen LogP contribution >= 0.6 is 12.6 Å². The average Bonchev–Trinajstić information content (AvgIpc) is 2.23. The van der Waals surface area contributed by atoms with E-state index in [0.29, 0.717) is 5.69 Å². The molecule has 0 atom stereocenters. The zero-order chi connectivity index (χ0) is 11.3. The predicted octanol–water partition coefficient (Wildman–Crippen LogP) is 3.57. The van der Waals surface area contributed by atoms with Gasteiger partial charge in [0.05, 0.1) is 5.69 Å². The molecule has 0 aromatic heterocycles. The number of hydrogen-bond acceptors (Lipinski definition) is 2. The van der Waals surface area contributed by atoms with Gasteiger partial charge in [0, 0.05) is 13.1 Å². The molecule has 0 aliphatic heterocycles. The van der Waals surface area contributed by atoms with Crippen LogP contribution in [-0.2, 0) is 0 Å². The Morgan fingerprint density at radius 3 is 2.47 bits per heavy atom. The molecule has 1 aromatic carbocycles.